The number of rotatable bonds is 8. The van der Waals surface area contributed by atoms with Gasteiger partial charge in [-0.2, -0.15) is 0 Å². The van der Waals surface area contributed by atoms with E-state index in [0.717, 1.165) is 24.2 Å². The molecule has 0 heterocycles. The van der Waals surface area contributed by atoms with Gasteiger partial charge in [-0.25, -0.2) is 0 Å². The summed E-state index contributed by atoms with van der Waals surface area (Å²) in [6, 6.07) is 13.1. The van der Waals surface area contributed by atoms with E-state index >= 15 is 0 Å². The number of carbonyl (C=O) groups is 1. The molecule has 0 saturated carbocycles. The molecule has 0 N–H and O–H groups in total. The van der Waals surface area contributed by atoms with Gasteiger partial charge in [0, 0.05) is 17.7 Å². The number of hydrogen-bond acceptors (Lipinski definition) is 4. The van der Waals surface area contributed by atoms with Crippen molar-refractivity contribution in [2.24, 2.45) is 0 Å². The van der Waals surface area contributed by atoms with E-state index in [1.54, 1.807) is 12.1 Å². The molecule has 0 spiro atoms. The Labute approximate surface area is 140 Å². The Kier molecular flexibility index (Phi) is 6.25. The number of nitro benzene ring substituents is 1. The zero-order valence-electron chi connectivity index (χ0n) is 13.5. The summed E-state index contributed by atoms with van der Waals surface area (Å²) in [6.07, 6.45) is 5.18. The van der Waals surface area contributed by atoms with Gasteiger partial charge in [0.15, 0.2) is 5.78 Å². The smallest absolute Gasteiger partial charge is 0.270 e. The van der Waals surface area contributed by atoms with E-state index in [0.29, 0.717) is 12.2 Å². The lowest BCUT2D eigenvalue weighted by Gasteiger charge is -2.05. The fraction of sp³-hybridized carbons (Fsp3) is 0.211. The summed E-state index contributed by atoms with van der Waals surface area (Å²) < 4.78 is 5.58. The Morgan fingerprint density at radius 2 is 1.96 bits per heavy atom. The van der Waals surface area contributed by atoms with Gasteiger partial charge in [-0.15, -0.1) is 0 Å². The summed E-state index contributed by atoms with van der Waals surface area (Å²) in [5.41, 5.74) is 1.06. The minimum atomic E-state index is -0.516. The second kappa shape index (κ2) is 8.62. The number of hydrogen-bond donors (Lipinski definition) is 0. The van der Waals surface area contributed by atoms with E-state index in [1.165, 1.54) is 24.3 Å². The van der Waals surface area contributed by atoms with Crippen molar-refractivity contribution in [2.45, 2.75) is 19.8 Å². The van der Waals surface area contributed by atoms with Crippen molar-refractivity contribution in [1.29, 1.82) is 0 Å². The number of allylic oxidation sites excluding steroid dienone is 1. The quantitative estimate of drug-likeness (QED) is 0.232. The topological polar surface area (TPSA) is 69.4 Å². The van der Waals surface area contributed by atoms with Gasteiger partial charge in [0.25, 0.3) is 5.69 Å². The first kappa shape index (κ1) is 17.4. The Balaban J connectivity index is 2.01. The second-order valence-corrected chi connectivity index (χ2v) is 5.28. The van der Waals surface area contributed by atoms with Gasteiger partial charge in [-0.3, -0.25) is 14.9 Å². The van der Waals surface area contributed by atoms with Crippen LogP contribution in [0, 0.1) is 10.1 Å². The van der Waals surface area contributed by atoms with Crippen molar-refractivity contribution in [3.8, 4) is 5.75 Å². The lowest BCUT2D eigenvalue weighted by Crippen LogP contribution is -1.96. The number of unbranched alkanes of at least 4 members (excludes halogenated alkanes) is 1. The largest absolute Gasteiger partial charge is 0.494 e. The Morgan fingerprint density at radius 1 is 1.21 bits per heavy atom. The Bertz CT molecular complexity index is 735. The molecule has 0 amide bonds. The van der Waals surface area contributed by atoms with Crippen molar-refractivity contribution >= 4 is 17.5 Å². The molecule has 0 saturated heterocycles. The molecule has 0 atom stereocenters. The predicted molar refractivity (Wildman–Crippen MR) is 93.3 cm³/mol. The van der Waals surface area contributed by atoms with Gasteiger partial charge in [0.05, 0.1) is 11.5 Å². The number of ether oxygens (including phenoxy) is 1. The number of ketones is 1. The number of benzene rings is 2. The van der Waals surface area contributed by atoms with Crippen molar-refractivity contribution in [3.63, 3.8) is 0 Å². The minimum absolute atomic E-state index is 0.0946. The van der Waals surface area contributed by atoms with Gasteiger partial charge < -0.3 is 4.74 Å². The van der Waals surface area contributed by atoms with Crippen LogP contribution in [0.3, 0.4) is 0 Å². The van der Waals surface area contributed by atoms with Crippen LogP contribution >= 0.6 is 0 Å². The summed E-state index contributed by atoms with van der Waals surface area (Å²) in [6.45, 7) is 2.80. The first-order valence-electron chi connectivity index (χ1n) is 7.80. The Morgan fingerprint density at radius 3 is 2.62 bits per heavy atom. The maximum atomic E-state index is 12.1. The van der Waals surface area contributed by atoms with Crippen LogP contribution in [-0.2, 0) is 0 Å². The number of carbonyl (C=O) groups excluding carboxylic acids is 1. The predicted octanol–water partition coefficient (Wildman–Crippen LogP) is 4.67. The number of non-ortho nitro benzene ring substituents is 1. The molecule has 0 aliphatic rings. The fourth-order valence-corrected chi connectivity index (χ4v) is 2.05. The zero-order chi connectivity index (χ0) is 17.4. The molecule has 0 aromatic heterocycles. The van der Waals surface area contributed by atoms with Crippen molar-refractivity contribution in [3.05, 3.63) is 75.8 Å². The highest BCUT2D eigenvalue weighted by Crippen LogP contribution is 2.16. The monoisotopic (exact) mass is 325 g/mol. The summed E-state index contributed by atoms with van der Waals surface area (Å²) in [4.78, 5) is 22.3. The highest BCUT2D eigenvalue weighted by atomic mass is 16.6. The average Bonchev–Trinajstić information content (AvgIpc) is 2.61. The molecular weight excluding hydrogens is 306 g/mol. The summed E-state index contributed by atoms with van der Waals surface area (Å²) in [5.74, 6) is 0.521. The van der Waals surface area contributed by atoms with Crippen molar-refractivity contribution in [1.82, 2.24) is 0 Å². The molecule has 0 unspecified atom stereocenters. The minimum Gasteiger partial charge on any atom is -0.494 e. The molecule has 2 aromatic rings. The average molecular weight is 325 g/mol. The maximum absolute atomic E-state index is 12.1. The third-order valence-corrected chi connectivity index (χ3v) is 3.42. The maximum Gasteiger partial charge on any atom is 0.270 e. The van der Waals surface area contributed by atoms with E-state index in [1.807, 2.05) is 24.3 Å². The van der Waals surface area contributed by atoms with E-state index in [4.69, 9.17) is 4.74 Å². The molecule has 0 fully saturated rings. The van der Waals surface area contributed by atoms with Gasteiger partial charge in [-0.05, 0) is 30.2 Å². The molecule has 2 rings (SSSR count). The van der Waals surface area contributed by atoms with Crippen LogP contribution in [0.2, 0.25) is 0 Å². The Hall–Kier alpha value is -2.95. The molecule has 0 aliphatic carbocycles. The molecule has 24 heavy (non-hydrogen) atoms. The van der Waals surface area contributed by atoms with Crippen LogP contribution < -0.4 is 4.74 Å². The second-order valence-electron chi connectivity index (χ2n) is 5.28. The van der Waals surface area contributed by atoms with E-state index in [2.05, 4.69) is 6.92 Å². The molecule has 5 nitrogen and oxygen atoms in total. The molecular formula is C19H19NO4. The van der Waals surface area contributed by atoms with Gasteiger partial charge in [0.2, 0.25) is 0 Å². The van der Waals surface area contributed by atoms with E-state index in [9.17, 15) is 14.9 Å². The molecule has 0 radical (unpaired) electrons. The van der Waals surface area contributed by atoms with Crippen LogP contribution in [0.5, 0.6) is 5.75 Å². The fourth-order valence-electron chi connectivity index (χ4n) is 2.05. The van der Waals surface area contributed by atoms with E-state index in [-0.39, 0.29) is 11.5 Å². The lowest BCUT2D eigenvalue weighted by molar-refractivity contribution is -0.384. The molecule has 2 aromatic carbocycles. The normalized spacial score (nSPS) is 10.7. The summed E-state index contributed by atoms with van der Waals surface area (Å²) in [7, 11) is 0. The van der Waals surface area contributed by atoms with Gasteiger partial charge >= 0.3 is 0 Å². The summed E-state index contributed by atoms with van der Waals surface area (Å²) >= 11 is 0. The van der Waals surface area contributed by atoms with E-state index < -0.39 is 4.92 Å². The van der Waals surface area contributed by atoms with Crippen LogP contribution in [-0.4, -0.2) is 17.3 Å². The van der Waals surface area contributed by atoms with Crippen LogP contribution in [0.25, 0.3) is 6.08 Å². The molecule has 0 bridgehead atoms. The number of nitrogens with zero attached hydrogens (tertiary/aromatic N) is 1. The highest BCUT2D eigenvalue weighted by Gasteiger charge is 2.09. The van der Waals surface area contributed by atoms with Gasteiger partial charge in [-0.1, -0.05) is 43.7 Å². The number of nitro groups is 1. The highest BCUT2D eigenvalue weighted by molar-refractivity contribution is 6.07. The third kappa shape index (κ3) is 5.05. The SMILES string of the molecule is CCCCOc1ccc(/C=C/C(=O)c2cccc([N+](=O)[O-])c2)cc1. The van der Waals surface area contributed by atoms with Crippen LogP contribution in [0.15, 0.2) is 54.6 Å². The summed E-state index contributed by atoms with van der Waals surface area (Å²) in [5, 5.41) is 10.7. The molecule has 0 aliphatic heterocycles. The van der Waals surface area contributed by atoms with Crippen molar-refractivity contribution in [2.75, 3.05) is 6.61 Å². The first-order valence-corrected chi connectivity index (χ1v) is 7.80. The lowest BCUT2D eigenvalue weighted by atomic mass is 10.1. The van der Waals surface area contributed by atoms with Crippen LogP contribution in [0.1, 0.15) is 35.7 Å². The molecule has 124 valence electrons. The molecule has 5 heteroatoms. The first-order chi connectivity index (χ1) is 11.6. The third-order valence-electron chi connectivity index (χ3n) is 3.42. The standard InChI is InChI=1S/C19H19NO4/c1-2-3-13-24-18-10-7-15(8-11-18)9-12-19(21)16-5-4-6-17(14-16)20(22)23/h4-12,14H,2-3,13H2,1H3/b12-9+. The van der Waals surface area contributed by atoms with Crippen LogP contribution in [0.4, 0.5) is 5.69 Å². The van der Waals surface area contributed by atoms with Crippen molar-refractivity contribution < 1.29 is 14.5 Å². The zero-order valence-corrected chi connectivity index (χ0v) is 13.5. The van der Waals surface area contributed by atoms with Gasteiger partial charge in [0.1, 0.15) is 5.75 Å².